The van der Waals surface area contributed by atoms with Crippen LogP contribution in [0, 0.1) is 5.82 Å². The highest BCUT2D eigenvalue weighted by Gasteiger charge is 2.22. The van der Waals surface area contributed by atoms with Crippen molar-refractivity contribution in [3.63, 3.8) is 0 Å². The van der Waals surface area contributed by atoms with Crippen molar-refractivity contribution in [1.29, 1.82) is 0 Å². The highest BCUT2D eigenvalue weighted by molar-refractivity contribution is 5.97. The summed E-state index contributed by atoms with van der Waals surface area (Å²) in [7, 11) is 1.33. The summed E-state index contributed by atoms with van der Waals surface area (Å²) in [6.45, 7) is 0. The molecular weight excluding hydrogens is 297 g/mol. The minimum atomic E-state index is -0.470. The number of carbonyl (C=O) groups excluding carboxylic acids is 1. The van der Waals surface area contributed by atoms with Crippen LogP contribution in [0.3, 0.4) is 0 Å². The molecule has 0 aliphatic carbocycles. The van der Waals surface area contributed by atoms with Crippen molar-refractivity contribution >= 4 is 5.97 Å². The van der Waals surface area contributed by atoms with Crippen LogP contribution in [0.2, 0.25) is 0 Å². The lowest BCUT2D eigenvalue weighted by Gasteiger charge is -2.05. The van der Waals surface area contributed by atoms with Crippen LogP contribution in [0.5, 0.6) is 0 Å². The third kappa shape index (κ3) is 3.11. The Bertz CT molecular complexity index is 814. The third-order valence-corrected chi connectivity index (χ3v) is 3.48. The van der Waals surface area contributed by atoms with E-state index in [1.54, 1.807) is 36.7 Å². The van der Waals surface area contributed by atoms with Gasteiger partial charge in [0, 0.05) is 24.4 Å². The fourth-order valence-electron chi connectivity index (χ4n) is 2.35. The Hall–Kier alpha value is -3.02. The molecule has 0 fully saturated rings. The third-order valence-electron chi connectivity index (χ3n) is 3.48. The van der Waals surface area contributed by atoms with Crippen LogP contribution >= 0.6 is 0 Å². The standard InChI is InChI=1S/C17H14FN3O2/c1-23-17(22)15-14(10-11-2-4-13(18)5-3-11)20-21-16(15)12-6-8-19-9-7-12/h2-9H,10H2,1H3,(H,20,21). The van der Waals surface area contributed by atoms with Gasteiger partial charge in [-0.1, -0.05) is 12.1 Å². The lowest BCUT2D eigenvalue weighted by molar-refractivity contribution is 0.0600. The normalized spacial score (nSPS) is 10.5. The smallest absolute Gasteiger partial charge is 0.342 e. The second-order valence-electron chi connectivity index (χ2n) is 4.96. The van der Waals surface area contributed by atoms with Gasteiger partial charge >= 0.3 is 5.97 Å². The molecular formula is C17H14FN3O2. The van der Waals surface area contributed by atoms with Crippen LogP contribution in [-0.2, 0) is 11.2 Å². The van der Waals surface area contributed by atoms with Crippen molar-refractivity contribution in [2.24, 2.45) is 0 Å². The topological polar surface area (TPSA) is 67.9 Å². The molecule has 6 heteroatoms. The average Bonchev–Trinajstić information content (AvgIpc) is 3.00. The molecule has 0 atom stereocenters. The number of pyridine rings is 1. The molecule has 0 saturated carbocycles. The fourth-order valence-corrected chi connectivity index (χ4v) is 2.35. The monoisotopic (exact) mass is 311 g/mol. The zero-order valence-electron chi connectivity index (χ0n) is 12.4. The van der Waals surface area contributed by atoms with Gasteiger partial charge in [-0.2, -0.15) is 5.10 Å². The maximum Gasteiger partial charge on any atom is 0.342 e. The Kier molecular flexibility index (Phi) is 4.14. The van der Waals surface area contributed by atoms with Gasteiger partial charge in [0.1, 0.15) is 17.1 Å². The number of H-pyrrole nitrogens is 1. The quantitative estimate of drug-likeness (QED) is 0.752. The molecule has 2 heterocycles. The molecule has 2 aromatic heterocycles. The number of nitrogens with one attached hydrogen (secondary N) is 1. The molecule has 3 rings (SSSR count). The van der Waals surface area contributed by atoms with Crippen LogP contribution in [-0.4, -0.2) is 28.3 Å². The van der Waals surface area contributed by atoms with E-state index in [1.165, 1.54) is 19.2 Å². The van der Waals surface area contributed by atoms with Crippen LogP contribution in [0.4, 0.5) is 4.39 Å². The fraction of sp³-hybridized carbons (Fsp3) is 0.118. The van der Waals surface area contributed by atoms with Crippen LogP contribution in [0.15, 0.2) is 48.8 Å². The molecule has 0 bridgehead atoms. The second-order valence-corrected chi connectivity index (χ2v) is 4.96. The molecule has 0 radical (unpaired) electrons. The summed E-state index contributed by atoms with van der Waals surface area (Å²) in [5.74, 6) is -0.772. The van der Waals surface area contributed by atoms with Gasteiger partial charge in [-0.05, 0) is 29.8 Å². The summed E-state index contributed by atoms with van der Waals surface area (Å²) in [6.07, 6.45) is 3.68. The van der Waals surface area contributed by atoms with E-state index in [2.05, 4.69) is 15.2 Å². The Balaban J connectivity index is 2.02. The molecule has 0 aliphatic rings. The summed E-state index contributed by atoms with van der Waals surface area (Å²) in [5.41, 5.74) is 3.14. The van der Waals surface area contributed by atoms with E-state index in [0.717, 1.165) is 11.1 Å². The van der Waals surface area contributed by atoms with E-state index < -0.39 is 5.97 Å². The van der Waals surface area contributed by atoms with E-state index in [-0.39, 0.29) is 5.82 Å². The minimum Gasteiger partial charge on any atom is -0.465 e. The van der Waals surface area contributed by atoms with Crippen molar-refractivity contribution in [2.75, 3.05) is 7.11 Å². The van der Waals surface area contributed by atoms with Crippen LogP contribution in [0.25, 0.3) is 11.3 Å². The van der Waals surface area contributed by atoms with Gasteiger partial charge < -0.3 is 4.74 Å². The molecule has 0 saturated heterocycles. The van der Waals surface area contributed by atoms with Crippen LogP contribution in [0.1, 0.15) is 21.6 Å². The zero-order chi connectivity index (χ0) is 16.2. The number of aromatic nitrogens is 3. The first-order valence-corrected chi connectivity index (χ1v) is 6.99. The molecule has 1 aromatic carbocycles. The molecule has 5 nitrogen and oxygen atoms in total. The molecule has 3 aromatic rings. The number of nitrogens with zero attached hydrogens (tertiary/aromatic N) is 2. The van der Waals surface area contributed by atoms with Gasteiger partial charge in [0.2, 0.25) is 0 Å². The van der Waals surface area contributed by atoms with Gasteiger partial charge in [-0.3, -0.25) is 10.1 Å². The summed E-state index contributed by atoms with van der Waals surface area (Å²) in [4.78, 5) is 16.1. The summed E-state index contributed by atoms with van der Waals surface area (Å²) in [6, 6.07) is 9.64. The van der Waals surface area contributed by atoms with Crippen molar-refractivity contribution in [3.8, 4) is 11.3 Å². The van der Waals surface area contributed by atoms with E-state index in [9.17, 15) is 9.18 Å². The lowest BCUT2D eigenvalue weighted by atomic mass is 10.0. The number of methoxy groups -OCH3 is 1. The van der Waals surface area contributed by atoms with Gasteiger partial charge in [0.05, 0.1) is 12.8 Å². The number of carbonyl (C=O) groups is 1. The number of hydrogen-bond donors (Lipinski definition) is 1. The first kappa shape index (κ1) is 14.9. The maximum absolute atomic E-state index is 13.0. The Morgan fingerprint density at radius 2 is 1.87 bits per heavy atom. The molecule has 0 amide bonds. The predicted molar refractivity (Wildman–Crippen MR) is 82.4 cm³/mol. The van der Waals surface area contributed by atoms with Gasteiger partial charge in [0.25, 0.3) is 0 Å². The van der Waals surface area contributed by atoms with E-state index in [1.807, 2.05) is 0 Å². The highest BCUT2D eigenvalue weighted by atomic mass is 19.1. The summed E-state index contributed by atoms with van der Waals surface area (Å²) < 4.78 is 17.9. The van der Waals surface area contributed by atoms with Gasteiger partial charge in [-0.15, -0.1) is 0 Å². The van der Waals surface area contributed by atoms with Crippen molar-refractivity contribution in [3.05, 3.63) is 71.4 Å². The van der Waals surface area contributed by atoms with E-state index >= 15 is 0 Å². The number of esters is 1. The first-order valence-electron chi connectivity index (χ1n) is 6.99. The Morgan fingerprint density at radius 3 is 2.52 bits per heavy atom. The maximum atomic E-state index is 13.0. The van der Waals surface area contributed by atoms with Gasteiger partial charge in [-0.25, -0.2) is 9.18 Å². The Labute approximate surface area is 132 Å². The number of aromatic amines is 1. The van der Waals surface area contributed by atoms with Crippen molar-refractivity contribution in [2.45, 2.75) is 6.42 Å². The second kappa shape index (κ2) is 6.39. The average molecular weight is 311 g/mol. The number of halogens is 1. The summed E-state index contributed by atoms with van der Waals surface area (Å²) >= 11 is 0. The first-order chi connectivity index (χ1) is 11.2. The number of hydrogen-bond acceptors (Lipinski definition) is 4. The SMILES string of the molecule is COC(=O)c1c(-c2ccncc2)n[nH]c1Cc1ccc(F)cc1. The summed E-state index contributed by atoms with van der Waals surface area (Å²) in [5, 5.41) is 7.13. The molecule has 23 heavy (non-hydrogen) atoms. The van der Waals surface area contributed by atoms with Crippen LogP contribution < -0.4 is 0 Å². The van der Waals surface area contributed by atoms with Gasteiger partial charge in [0.15, 0.2) is 0 Å². The van der Waals surface area contributed by atoms with Crippen molar-refractivity contribution < 1.29 is 13.9 Å². The van der Waals surface area contributed by atoms with E-state index in [0.29, 0.717) is 23.4 Å². The zero-order valence-corrected chi connectivity index (χ0v) is 12.4. The molecule has 0 aliphatic heterocycles. The number of ether oxygens (including phenoxy) is 1. The largest absolute Gasteiger partial charge is 0.465 e. The molecule has 0 spiro atoms. The molecule has 0 unspecified atom stereocenters. The lowest BCUT2D eigenvalue weighted by Crippen LogP contribution is -2.06. The Morgan fingerprint density at radius 1 is 1.17 bits per heavy atom. The number of benzene rings is 1. The van der Waals surface area contributed by atoms with Crippen molar-refractivity contribution in [1.82, 2.24) is 15.2 Å². The molecule has 116 valence electrons. The number of rotatable bonds is 4. The molecule has 1 N–H and O–H groups in total. The predicted octanol–water partition coefficient (Wildman–Crippen LogP) is 2.99. The highest BCUT2D eigenvalue weighted by Crippen LogP contribution is 2.25. The van der Waals surface area contributed by atoms with E-state index in [4.69, 9.17) is 4.74 Å². The minimum absolute atomic E-state index is 0.302.